The SMILES string of the molecule is CC(=O)[C@@]12CCCC[C@@H]1C[C@H]1[C@H]3CC=C4C[C@@H](O)CC[C@]4(C)[C@@H]3CC[C@@]12C. The summed E-state index contributed by atoms with van der Waals surface area (Å²) in [4.78, 5) is 13.1. The molecule has 150 valence electrons. The monoisotopic (exact) mass is 370 g/mol. The van der Waals surface area contributed by atoms with Gasteiger partial charge in [-0.05, 0) is 99.2 Å². The van der Waals surface area contributed by atoms with E-state index in [1.807, 2.05) is 6.92 Å². The summed E-state index contributed by atoms with van der Waals surface area (Å²) in [5.41, 5.74) is 2.07. The van der Waals surface area contributed by atoms with Gasteiger partial charge in [0, 0.05) is 5.41 Å². The van der Waals surface area contributed by atoms with Gasteiger partial charge in [-0.25, -0.2) is 0 Å². The van der Waals surface area contributed by atoms with E-state index in [1.165, 1.54) is 44.9 Å². The zero-order valence-corrected chi connectivity index (χ0v) is 17.6. The predicted molar refractivity (Wildman–Crippen MR) is 108 cm³/mol. The zero-order chi connectivity index (χ0) is 19.0. The lowest BCUT2D eigenvalue weighted by molar-refractivity contribution is -0.147. The van der Waals surface area contributed by atoms with Gasteiger partial charge < -0.3 is 5.11 Å². The summed E-state index contributed by atoms with van der Waals surface area (Å²) in [6, 6.07) is 0. The van der Waals surface area contributed by atoms with Crippen LogP contribution in [0.3, 0.4) is 0 Å². The fraction of sp³-hybridized carbons (Fsp3) is 0.880. The molecule has 0 aromatic heterocycles. The quantitative estimate of drug-likeness (QED) is 0.602. The lowest BCUT2D eigenvalue weighted by atomic mass is 9.44. The summed E-state index contributed by atoms with van der Waals surface area (Å²) in [6.45, 7) is 6.94. The minimum Gasteiger partial charge on any atom is -0.393 e. The van der Waals surface area contributed by atoms with Gasteiger partial charge in [0.15, 0.2) is 0 Å². The molecule has 0 radical (unpaired) electrons. The number of fused-ring (bicyclic) bond motifs is 7. The van der Waals surface area contributed by atoms with Gasteiger partial charge in [-0.3, -0.25) is 4.79 Å². The Kier molecular flexibility index (Phi) is 4.05. The van der Waals surface area contributed by atoms with Crippen molar-refractivity contribution in [3.8, 4) is 0 Å². The van der Waals surface area contributed by atoms with E-state index in [0.29, 0.717) is 17.1 Å². The maximum absolute atomic E-state index is 13.1. The molecule has 5 aliphatic rings. The predicted octanol–water partition coefficient (Wildman–Crippen LogP) is 5.69. The second-order valence-electron chi connectivity index (χ2n) is 11.3. The van der Waals surface area contributed by atoms with Crippen LogP contribution in [0.1, 0.15) is 91.4 Å². The van der Waals surface area contributed by atoms with Crippen molar-refractivity contribution in [2.24, 2.45) is 39.9 Å². The van der Waals surface area contributed by atoms with Gasteiger partial charge >= 0.3 is 0 Å². The van der Waals surface area contributed by atoms with E-state index in [9.17, 15) is 9.90 Å². The minimum absolute atomic E-state index is 0.0193. The fourth-order valence-corrected chi connectivity index (χ4v) is 9.44. The number of carbonyl (C=O) groups is 1. The van der Waals surface area contributed by atoms with E-state index in [-0.39, 0.29) is 16.9 Å². The van der Waals surface area contributed by atoms with Crippen LogP contribution in [0.15, 0.2) is 11.6 Å². The van der Waals surface area contributed by atoms with Gasteiger partial charge in [0.2, 0.25) is 0 Å². The second-order valence-corrected chi connectivity index (χ2v) is 11.3. The van der Waals surface area contributed by atoms with Gasteiger partial charge in [0.25, 0.3) is 0 Å². The van der Waals surface area contributed by atoms with Crippen LogP contribution in [0.4, 0.5) is 0 Å². The Labute approximate surface area is 165 Å². The normalized spacial score (nSPS) is 54.2. The van der Waals surface area contributed by atoms with Gasteiger partial charge in [-0.1, -0.05) is 38.3 Å². The summed E-state index contributed by atoms with van der Waals surface area (Å²) in [7, 11) is 0. The van der Waals surface area contributed by atoms with E-state index in [1.54, 1.807) is 5.57 Å². The van der Waals surface area contributed by atoms with Crippen LogP contribution in [-0.4, -0.2) is 17.0 Å². The first-order valence-corrected chi connectivity index (χ1v) is 11.7. The van der Waals surface area contributed by atoms with E-state index in [2.05, 4.69) is 19.9 Å². The van der Waals surface area contributed by atoms with Crippen LogP contribution in [-0.2, 0) is 4.79 Å². The first kappa shape index (κ1) is 18.4. The summed E-state index contributed by atoms with van der Waals surface area (Å²) in [5, 5.41) is 10.2. The third-order valence-electron chi connectivity index (χ3n) is 10.7. The lowest BCUT2D eigenvalue weighted by Gasteiger charge is -2.60. The molecular weight excluding hydrogens is 332 g/mol. The number of aliphatic hydroxyl groups excluding tert-OH is 1. The molecule has 0 aliphatic heterocycles. The van der Waals surface area contributed by atoms with Crippen LogP contribution in [0.2, 0.25) is 0 Å². The largest absolute Gasteiger partial charge is 0.393 e. The van der Waals surface area contributed by atoms with E-state index in [4.69, 9.17) is 0 Å². The van der Waals surface area contributed by atoms with Crippen LogP contribution < -0.4 is 0 Å². The molecule has 2 nitrogen and oxygen atoms in total. The Morgan fingerprint density at radius 2 is 1.89 bits per heavy atom. The van der Waals surface area contributed by atoms with Crippen molar-refractivity contribution in [3.05, 3.63) is 11.6 Å². The summed E-state index contributed by atoms with van der Waals surface area (Å²) < 4.78 is 0. The van der Waals surface area contributed by atoms with Crippen LogP contribution in [0, 0.1) is 39.9 Å². The van der Waals surface area contributed by atoms with Crippen molar-refractivity contribution in [1.29, 1.82) is 0 Å². The summed E-state index contributed by atoms with van der Waals surface area (Å²) in [6.07, 6.45) is 15.5. The molecule has 5 rings (SSSR count). The third kappa shape index (κ3) is 2.20. The highest BCUT2D eigenvalue weighted by Gasteiger charge is 2.68. The Bertz CT molecular complexity index is 680. The van der Waals surface area contributed by atoms with Crippen molar-refractivity contribution < 1.29 is 9.90 Å². The first-order chi connectivity index (χ1) is 12.8. The molecule has 2 heteroatoms. The highest BCUT2D eigenvalue weighted by molar-refractivity contribution is 5.84. The van der Waals surface area contributed by atoms with Crippen molar-refractivity contribution in [2.75, 3.05) is 0 Å². The van der Waals surface area contributed by atoms with Gasteiger partial charge in [0.1, 0.15) is 5.78 Å². The number of aliphatic hydroxyl groups is 1. The molecule has 4 fully saturated rings. The van der Waals surface area contributed by atoms with Crippen molar-refractivity contribution in [1.82, 2.24) is 0 Å². The topological polar surface area (TPSA) is 37.3 Å². The molecule has 0 unspecified atom stereocenters. The summed E-state index contributed by atoms with van der Waals surface area (Å²) >= 11 is 0. The molecule has 1 N–H and O–H groups in total. The number of rotatable bonds is 1. The van der Waals surface area contributed by atoms with Gasteiger partial charge in [-0.2, -0.15) is 0 Å². The molecule has 0 amide bonds. The van der Waals surface area contributed by atoms with E-state index < -0.39 is 0 Å². The number of allylic oxidation sites excluding steroid dienone is 1. The maximum atomic E-state index is 13.1. The van der Waals surface area contributed by atoms with Gasteiger partial charge in [0.05, 0.1) is 6.10 Å². The van der Waals surface area contributed by atoms with E-state index >= 15 is 0 Å². The molecule has 8 atom stereocenters. The van der Waals surface area contributed by atoms with Crippen LogP contribution in [0.25, 0.3) is 0 Å². The molecule has 4 saturated carbocycles. The molecule has 0 saturated heterocycles. The highest BCUT2D eigenvalue weighted by atomic mass is 16.3. The molecule has 0 heterocycles. The van der Waals surface area contributed by atoms with Crippen molar-refractivity contribution >= 4 is 5.78 Å². The average molecular weight is 371 g/mol. The van der Waals surface area contributed by atoms with Crippen LogP contribution in [0.5, 0.6) is 0 Å². The number of carbonyl (C=O) groups excluding carboxylic acids is 1. The molecule has 0 aromatic carbocycles. The first-order valence-electron chi connectivity index (χ1n) is 11.7. The number of ketones is 1. The molecule has 0 spiro atoms. The Balaban J connectivity index is 1.54. The van der Waals surface area contributed by atoms with Gasteiger partial charge in [-0.15, -0.1) is 0 Å². The lowest BCUT2D eigenvalue weighted by Crippen LogP contribution is -2.55. The standard InChI is InChI=1S/C25H38O2/c1-16(26)25-11-5-4-6-18(25)15-22-20-8-7-17-14-19(27)9-12-23(17,2)21(20)10-13-24(22,25)3/h7,18-22,27H,4-6,8-15H2,1-3H3/t18-,19+,20+,21-,22+,23+,24+,25+/m1/s1. The number of Topliss-reactive ketones (excluding diaryl/α,β-unsaturated/α-hetero) is 1. The molecule has 0 bridgehead atoms. The molecule has 27 heavy (non-hydrogen) atoms. The molecule has 0 aromatic rings. The average Bonchev–Trinajstić information content (AvgIpc) is 2.92. The Morgan fingerprint density at radius 3 is 2.67 bits per heavy atom. The second kappa shape index (κ2) is 5.94. The summed E-state index contributed by atoms with van der Waals surface area (Å²) in [5.74, 6) is 3.41. The number of hydrogen-bond donors (Lipinski definition) is 1. The third-order valence-corrected chi connectivity index (χ3v) is 10.7. The minimum atomic E-state index is -0.120. The van der Waals surface area contributed by atoms with Crippen molar-refractivity contribution in [2.45, 2.75) is 97.5 Å². The Hall–Kier alpha value is -0.630. The Morgan fingerprint density at radius 1 is 1.07 bits per heavy atom. The van der Waals surface area contributed by atoms with Crippen molar-refractivity contribution in [3.63, 3.8) is 0 Å². The molecular formula is C25H38O2. The van der Waals surface area contributed by atoms with E-state index in [0.717, 1.165) is 43.4 Å². The smallest absolute Gasteiger partial charge is 0.136 e. The molecule has 5 aliphatic carbocycles. The highest BCUT2D eigenvalue weighted by Crippen LogP contribution is 2.73. The number of hydrogen-bond acceptors (Lipinski definition) is 2. The maximum Gasteiger partial charge on any atom is 0.136 e. The fourth-order valence-electron chi connectivity index (χ4n) is 9.44. The zero-order valence-electron chi connectivity index (χ0n) is 17.6. The van der Waals surface area contributed by atoms with Crippen LogP contribution >= 0.6 is 0 Å².